The molecule has 0 amide bonds. The summed E-state index contributed by atoms with van der Waals surface area (Å²) in [6, 6.07) is 5.94. The highest BCUT2D eigenvalue weighted by Gasteiger charge is 2.17. The van der Waals surface area contributed by atoms with Crippen LogP contribution in [-0.4, -0.2) is 13.4 Å². The second-order valence-corrected chi connectivity index (χ2v) is 6.54. The molecule has 1 aromatic heterocycles. The number of rotatable bonds is 4. The highest BCUT2D eigenvalue weighted by molar-refractivity contribution is 7.89. The van der Waals surface area contributed by atoms with Crippen molar-refractivity contribution in [3.8, 4) is 0 Å². The zero-order valence-corrected chi connectivity index (χ0v) is 12.5. The molecular formula is C14H16FN3O2S. The van der Waals surface area contributed by atoms with E-state index in [0.29, 0.717) is 0 Å². The number of aryl methyl sites for hydroxylation is 2. The molecule has 0 atom stereocenters. The van der Waals surface area contributed by atoms with E-state index in [1.54, 1.807) is 18.3 Å². The number of hydrogen-bond donors (Lipinski definition) is 2. The number of hydrogen-bond acceptors (Lipinski definition) is 4. The van der Waals surface area contributed by atoms with Crippen molar-refractivity contribution in [2.45, 2.75) is 25.3 Å². The van der Waals surface area contributed by atoms with Crippen molar-refractivity contribution < 1.29 is 12.8 Å². The molecule has 1 heterocycles. The maximum absolute atomic E-state index is 13.4. The Morgan fingerprint density at radius 2 is 2.00 bits per heavy atom. The predicted octanol–water partition coefficient (Wildman–Crippen LogP) is 1.90. The van der Waals surface area contributed by atoms with Gasteiger partial charge in [-0.1, -0.05) is 6.07 Å². The summed E-state index contributed by atoms with van der Waals surface area (Å²) < 4.78 is 40.2. The molecular weight excluding hydrogens is 293 g/mol. The normalized spacial score (nSPS) is 11.6. The lowest BCUT2D eigenvalue weighted by Gasteiger charge is -2.09. The van der Waals surface area contributed by atoms with Crippen molar-refractivity contribution >= 4 is 15.7 Å². The van der Waals surface area contributed by atoms with Crippen LogP contribution in [0.3, 0.4) is 0 Å². The van der Waals surface area contributed by atoms with Crippen LogP contribution in [0.15, 0.2) is 35.4 Å². The number of nitrogens with zero attached hydrogens (tertiary/aromatic N) is 1. The Morgan fingerprint density at radius 1 is 1.29 bits per heavy atom. The van der Waals surface area contributed by atoms with E-state index in [0.717, 1.165) is 17.3 Å². The Hall–Kier alpha value is -1.99. The van der Waals surface area contributed by atoms with Crippen molar-refractivity contribution in [1.82, 2.24) is 9.71 Å². The van der Waals surface area contributed by atoms with E-state index in [9.17, 15) is 12.8 Å². The quantitative estimate of drug-likeness (QED) is 0.845. The fourth-order valence-corrected chi connectivity index (χ4v) is 2.92. The summed E-state index contributed by atoms with van der Waals surface area (Å²) in [5, 5.41) is 0. The van der Waals surface area contributed by atoms with Crippen molar-refractivity contribution in [2.75, 3.05) is 5.73 Å². The maximum Gasteiger partial charge on any atom is 0.240 e. The van der Waals surface area contributed by atoms with Gasteiger partial charge in [0.25, 0.3) is 0 Å². The Balaban J connectivity index is 2.20. The molecule has 21 heavy (non-hydrogen) atoms. The first kappa shape index (κ1) is 15.4. The second-order valence-electron chi connectivity index (χ2n) is 4.78. The van der Waals surface area contributed by atoms with Gasteiger partial charge in [0.2, 0.25) is 10.0 Å². The Morgan fingerprint density at radius 3 is 2.57 bits per heavy atom. The van der Waals surface area contributed by atoms with E-state index < -0.39 is 15.8 Å². The van der Waals surface area contributed by atoms with Gasteiger partial charge in [-0.15, -0.1) is 0 Å². The van der Waals surface area contributed by atoms with Crippen LogP contribution in [0.25, 0.3) is 0 Å². The number of pyridine rings is 1. The standard InChI is InChI=1S/C14H16FN3O2S/c1-9-5-12(6-13(16)14(9)15)21(19,20)18-8-11-4-3-10(2)17-7-11/h3-7,18H,8,16H2,1-2H3. The first-order chi connectivity index (χ1) is 9.79. The van der Waals surface area contributed by atoms with E-state index in [1.807, 2.05) is 6.92 Å². The fraction of sp³-hybridized carbons (Fsp3) is 0.214. The van der Waals surface area contributed by atoms with E-state index in [1.165, 1.54) is 13.0 Å². The smallest absolute Gasteiger partial charge is 0.240 e. The molecule has 0 spiro atoms. The van der Waals surface area contributed by atoms with Gasteiger partial charge in [-0.05, 0) is 43.2 Å². The van der Waals surface area contributed by atoms with Gasteiger partial charge in [0.05, 0.1) is 10.6 Å². The molecule has 0 aliphatic rings. The molecule has 1 aromatic carbocycles. The third-order valence-corrected chi connectivity index (χ3v) is 4.39. The first-order valence-electron chi connectivity index (χ1n) is 6.26. The first-order valence-corrected chi connectivity index (χ1v) is 7.75. The van der Waals surface area contributed by atoms with Crippen molar-refractivity contribution in [1.29, 1.82) is 0 Å². The highest BCUT2D eigenvalue weighted by Crippen LogP contribution is 2.20. The van der Waals surface area contributed by atoms with Crippen LogP contribution in [0.2, 0.25) is 0 Å². The van der Waals surface area contributed by atoms with E-state index in [4.69, 9.17) is 5.73 Å². The average molecular weight is 309 g/mol. The minimum atomic E-state index is -3.75. The van der Waals surface area contributed by atoms with Gasteiger partial charge in [-0.25, -0.2) is 17.5 Å². The van der Waals surface area contributed by atoms with Gasteiger partial charge in [0, 0.05) is 18.4 Å². The van der Waals surface area contributed by atoms with Gasteiger partial charge >= 0.3 is 0 Å². The zero-order valence-electron chi connectivity index (χ0n) is 11.7. The lowest BCUT2D eigenvalue weighted by atomic mass is 10.2. The van der Waals surface area contributed by atoms with Gasteiger partial charge in [-0.3, -0.25) is 4.98 Å². The number of anilines is 1. The van der Waals surface area contributed by atoms with Crippen LogP contribution in [0.4, 0.5) is 10.1 Å². The number of nitrogen functional groups attached to an aromatic ring is 1. The lowest BCUT2D eigenvalue weighted by Crippen LogP contribution is -2.23. The van der Waals surface area contributed by atoms with Crippen LogP contribution >= 0.6 is 0 Å². The summed E-state index contributed by atoms with van der Waals surface area (Å²) in [7, 11) is -3.75. The fourth-order valence-electron chi connectivity index (χ4n) is 1.78. The van der Waals surface area contributed by atoms with Gasteiger partial charge in [-0.2, -0.15) is 0 Å². The van der Waals surface area contributed by atoms with Gasteiger partial charge in [0.15, 0.2) is 0 Å². The topological polar surface area (TPSA) is 85.1 Å². The third-order valence-electron chi connectivity index (χ3n) is 3.01. The molecule has 2 aromatic rings. The molecule has 0 unspecified atom stereocenters. The van der Waals surface area contributed by atoms with E-state index in [2.05, 4.69) is 9.71 Å². The summed E-state index contributed by atoms with van der Waals surface area (Å²) >= 11 is 0. The monoisotopic (exact) mass is 309 g/mol. The predicted molar refractivity (Wildman–Crippen MR) is 78.5 cm³/mol. The molecule has 0 aliphatic carbocycles. The molecule has 5 nitrogen and oxygen atoms in total. The summed E-state index contributed by atoms with van der Waals surface area (Å²) in [5.41, 5.74) is 7.05. The average Bonchev–Trinajstić information content (AvgIpc) is 2.43. The summed E-state index contributed by atoms with van der Waals surface area (Å²) in [6.07, 6.45) is 1.60. The minimum absolute atomic E-state index is 0.0565. The molecule has 0 radical (unpaired) electrons. The van der Waals surface area contributed by atoms with Crippen molar-refractivity contribution in [3.05, 3.63) is 53.1 Å². The zero-order chi connectivity index (χ0) is 15.6. The molecule has 0 saturated carbocycles. The molecule has 0 aliphatic heterocycles. The summed E-state index contributed by atoms with van der Waals surface area (Å²) in [6.45, 7) is 3.42. The Kier molecular flexibility index (Phi) is 4.24. The number of sulfonamides is 1. The summed E-state index contributed by atoms with van der Waals surface area (Å²) in [5.74, 6) is -0.600. The minimum Gasteiger partial charge on any atom is -0.396 e. The maximum atomic E-state index is 13.4. The van der Waals surface area contributed by atoms with Crippen LogP contribution in [0, 0.1) is 19.7 Å². The third kappa shape index (κ3) is 3.56. The van der Waals surface area contributed by atoms with E-state index in [-0.39, 0.29) is 22.7 Å². The molecule has 2 rings (SSSR count). The second kappa shape index (κ2) is 5.79. The SMILES string of the molecule is Cc1ccc(CNS(=O)(=O)c2cc(C)c(F)c(N)c2)cn1. The number of nitrogens with two attached hydrogens (primary N) is 1. The molecule has 0 saturated heterocycles. The number of nitrogens with one attached hydrogen (secondary N) is 1. The molecule has 7 heteroatoms. The van der Waals surface area contributed by atoms with Gasteiger partial charge in [0.1, 0.15) is 5.82 Å². The van der Waals surface area contributed by atoms with Crippen LogP contribution < -0.4 is 10.5 Å². The molecule has 0 fully saturated rings. The van der Waals surface area contributed by atoms with Crippen molar-refractivity contribution in [2.24, 2.45) is 0 Å². The largest absolute Gasteiger partial charge is 0.396 e. The van der Waals surface area contributed by atoms with Crippen LogP contribution in [0.5, 0.6) is 0 Å². The van der Waals surface area contributed by atoms with Crippen LogP contribution in [-0.2, 0) is 16.6 Å². The Bertz CT molecular complexity index is 735. The van der Waals surface area contributed by atoms with Gasteiger partial charge < -0.3 is 5.73 Å². The Labute approximate surface area is 123 Å². The molecule has 3 N–H and O–H groups in total. The summed E-state index contributed by atoms with van der Waals surface area (Å²) in [4.78, 5) is 4.03. The number of halogens is 1. The lowest BCUT2D eigenvalue weighted by molar-refractivity contribution is 0.580. The molecule has 0 bridgehead atoms. The number of aromatic nitrogens is 1. The number of benzene rings is 1. The molecule has 112 valence electrons. The van der Waals surface area contributed by atoms with Crippen LogP contribution in [0.1, 0.15) is 16.8 Å². The van der Waals surface area contributed by atoms with Crippen molar-refractivity contribution in [3.63, 3.8) is 0 Å². The van der Waals surface area contributed by atoms with E-state index >= 15 is 0 Å². The highest BCUT2D eigenvalue weighted by atomic mass is 32.2.